The van der Waals surface area contributed by atoms with E-state index in [0.717, 1.165) is 0 Å². The van der Waals surface area contributed by atoms with Gasteiger partial charge in [-0.05, 0) is 24.6 Å². The van der Waals surface area contributed by atoms with Gasteiger partial charge in [0.15, 0.2) is 0 Å². The van der Waals surface area contributed by atoms with Crippen LogP contribution in [0.15, 0.2) is 27.6 Å². The van der Waals surface area contributed by atoms with Gasteiger partial charge >= 0.3 is 6.18 Å². The predicted octanol–water partition coefficient (Wildman–Crippen LogP) is 2.30. The van der Waals surface area contributed by atoms with Gasteiger partial charge in [-0.3, -0.25) is 0 Å². The van der Waals surface area contributed by atoms with Gasteiger partial charge in [-0.1, -0.05) is 22.0 Å². The molecule has 0 saturated heterocycles. The number of sulfonamides is 1. The van der Waals surface area contributed by atoms with Crippen LogP contribution >= 0.6 is 15.9 Å². The molecule has 9 heteroatoms. The summed E-state index contributed by atoms with van der Waals surface area (Å²) in [4.78, 5) is -0.218. The van der Waals surface area contributed by atoms with E-state index in [9.17, 15) is 21.6 Å². The first-order chi connectivity index (χ1) is 9.08. The third kappa shape index (κ3) is 4.44. The van der Waals surface area contributed by atoms with Crippen molar-refractivity contribution in [3.05, 3.63) is 28.2 Å². The van der Waals surface area contributed by atoms with Crippen molar-refractivity contribution in [2.75, 3.05) is 19.7 Å². The van der Waals surface area contributed by atoms with E-state index in [1.54, 1.807) is 6.07 Å². The molecule has 0 unspecified atom stereocenters. The Morgan fingerprint density at radius 1 is 1.35 bits per heavy atom. The molecule has 1 N–H and O–H groups in total. The molecule has 0 bridgehead atoms. The van der Waals surface area contributed by atoms with Gasteiger partial charge in [0.05, 0.1) is 11.5 Å². The van der Waals surface area contributed by atoms with Crippen LogP contribution in [0.1, 0.15) is 5.56 Å². The molecular weight excluding hydrogens is 363 g/mol. The SMILES string of the molecule is Cc1ccc(Br)cc1S(=O)(=O)N(CCO)CC(F)(F)F. The third-order valence-electron chi connectivity index (χ3n) is 2.47. The van der Waals surface area contributed by atoms with E-state index >= 15 is 0 Å². The predicted molar refractivity (Wildman–Crippen MR) is 70.8 cm³/mol. The summed E-state index contributed by atoms with van der Waals surface area (Å²) >= 11 is 3.08. The van der Waals surface area contributed by atoms with Crippen molar-refractivity contribution in [1.82, 2.24) is 4.31 Å². The lowest BCUT2D eigenvalue weighted by Gasteiger charge is -2.23. The Bertz CT molecular complexity index is 575. The number of alkyl halides is 3. The lowest BCUT2D eigenvalue weighted by molar-refractivity contribution is -0.136. The normalized spacial score (nSPS) is 12.9. The highest BCUT2D eigenvalue weighted by Crippen LogP contribution is 2.26. The highest BCUT2D eigenvalue weighted by molar-refractivity contribution is 9.10. The number of aryl methyl sites for hydroxylation is 1. The average Bonchev–Trinajstić information content (AvgIpc) is 2.30. The second-order valence-corrected chi connectivity index (χ2v) is 6.91. The summed E-state index contributed by atoms with van der Waals surface area (Å²) in [5.41, 5.74) is 0.332. The minimum atomic E-state index is -4.68. The molecule has 0 saturated carbocycles. The summed E-state index contributed by atoms with van der Waals surface area (Å²) in [5.74, 6) is 0. The standard InChI is InChI=1S/C11H13BrF3NO3S/c1-8-2-3-9(12)6-10(8)20(18,19)16(4-5-17)7-11(13,14)15/h2-3,6,17H,4-5,7H2,1H3. The number of aliphatic hydroxyl groups excluding tert-OH is 1. The Hall–Kier alpha value is -0.640. The van der Waals surface area contributed by atoms with Crippen LogP contribution in [0.25, 0.3) is 0 Å². The quantitative estimate of drug-likeness (QED) is 0.858. The summed E-state index contributed by atoms with van der Waals surface area (Å²) in [6.07, 6.45) is -4.68. The molecule has 0 heterocycles. The molecule has 0 aromatic heterocycles. The van der Waals surface area contributed by atoms with Crippen LogP contribution in [0.3, 0.4) is 0 Å². The molecular formula is C11H13BrF3NO3S. The zero-order valence-corrected chi connectivity index (χ0v) is 12.9. The third-order valence-corrected chi connectivity index (χ3v) is 4.95. The monoisotopic (exact) mass is 375 g/mol. The number of rotatable bonds is 5. The van der Waals surface area contributed by atoms with Crippen molar-refractivity contribution in [2.45, 2.75) is 18.0 Å². The molecule has 1 aromatic carbocycles. The molecule has 1 aromatic rings. The largest absolute Gasteiger partial charge is 0.402 e. The van der Waals surface area contributed by atoms with Gasteiger partial charge in [0.1, 0.15) is 6.54 Å². The van der Waals surface area contributed by atoms with E-state index in [2.05, 4.69) is 15.9 Å². The maximum absolute atomic E-state index is 12.5. The van der Waals surface area contributed by atoms with Crippen molar-refractivity contribution in [1.29, 1.82) is 0 Å². The molecule has 114 valence electrons. The molecule has 0 aliphatic heterocycles. The first kappa shape index (κ1) is 17.4. The van der Waals surface area contributed by atoms with Gasteiger partial charge in [-0.15, -0.1) is 0 Å². The van der Waals surface area contributed by atoms with Gasteiger partial charge in [-0.2, -0.15) is 17.5 Å². The maximum Gasteiger partial charge on any atom is 0.402 e. The fraction of sp³-hybridized carbons (Fsp3) is 0.455. The zero-order chi connectivity index (χ0) is 15.6. The number of hydrogen-bond donors (Lipinski definition) is 1. The molecule has 0 spiro atoms. The molecule has 0 fully saturated rings. The Labute approximate surface area is 123 Å². The molecule has 0 radical (unpaired) electrons. The van der Waals surface area contributed by atoms with Gasteiger partial charge in [0, 0.05) is 11.0 Å². The van der Waals surface area contributed by atoms with Crippen molar-refractivity contribution in [3.8, 4) is 0 Å². The summed E-state index contributed by atoms with van der Waals surface area (Å²) in [6.45, 7) is -1.46. The van der Waals surface area contributed by atoms with E-state index in [0.29, 0.717) is 10.0 Å². The Kier molecular flexibility index (Phi) is 5.59. The van der Waals surface area contributed by atoms with E-state index in [4.69, 9.17) is 5.11 Å². The van der Waals surface area contributed by atoms with Gasteiger partial charge < -0.3 is 5.11 Å². The summed E-state index contributed by atoms with van der Waals surface area (Å²) in [6, 6.07) is 4.32. The average molecular weight is 376 g/mol. The number of halogens is 4. The Morgan fingerprint density at radius 2 is 1.95 bits per heavy atom. The zero-order valence-electron chi connectivity index (χ0n) is 10.5. The summed E-state index contributed by atoms with van der Waals surface area (Å²) in [5, 5.41) is 8.78. The summed E-state index contributed by atoms with van der Waals surface area (Å²) < 4.78 is 62.6. The van der Waals surface area contributed by atoms with E-state index in [1.807, 2.05) is 0 Å². The van der Waals surface area contributed by atoms with Crippen LogP contribution in [-0.4, -0.2) is 43.7 Å². The van der Waals surface area contributed by atoms with Crippen LogP contribution < -0.4 is 0 Å². The number of aliphatic hydroxyl groups is 1. The Balaban J connectivity index is 3.26. The fourth-order valence-electron chi connectivity index (χ4n) is 1.59. The van der Waals surface area contributed by atoms with Crippen LogP contribution in [0.2, 0.25) is 0 Å². The smallest absolute Gasteiger partial charge is 0.395 e. The highest BCUT2D eigenvalue weighted by Gasteiger charge is 2.37. The minimum absolute atomic E-state index is 0.218. The molecule has 4 nitrogen and oxygen atoms in total. The lowest BCUT2D eigenvalue weighted by Crippen LogP contribution is -2.40. The van der Waals surface area contributed by atoms with Crippen LogP contribution in [0, 0.1) is 6.92 Å². The van der Waals surface area contributed by atoms with Crippen molar-refractivity contribution in [2.24, 2.45) is 0 Å². The van der Waals surface area contributed by atoms with Crippen LogP contribution in [0.4, 0.5) is 13.2 Å². The van der Waals surface area contributed by atoms with E-state index in [-0.39, 0.29) is 9.20 Å². The molecule has 1 rings (SSSR count). The molecule has 20 heavy (non-hydrogen) atoms. The van der Waals surface area contributed by atoms with Gasteiger partial charge in [0.2, 0.25) is 10.0 Å². The first-order valence-electron chi connectivity index (χ1n) is 5.52. The van der Waals surface area contributed by atoms with Gasteiger partial charge in [0.25, 0.3) is 0 Å². The summed E-state index contributed by atoms with van der Waals surface area (Å²) in [7, 11) is -4.33. The van der Waals surface area contributed by atoms with E-state index < -0.39 is 35.9 Å². The van der Waals surface area contributed by atoms with Crippen molar-refractivity contribution < 1.29 is 26.7 Å². The fourth-order valence-corrected chi connectivity index (χ4v) is 3.77. The second kappa shape index (κ2) is 6.42. The minimum Gasteiger partial charge on any atom is -0.395 e. The Morgan fingerprint density at radius 3 is 2.45 bits per heavy atom. The lowest BCUT2D eigenvalue weighted by atomic mass is 10.2. The number of benzene rings is 1. The van der Waals surface area contributed by atoms with Crippen molar-refractivity contribution in [3.63, 3.8) is 0 Å². The number of hydrogen-bond acceptors (Lipinski definition) is 3. The first-order valence-corrected chi connectivity index (χ1v) is 7.75. The van der Waals surface area contributed by atoms with Gasteiger partial charge in [-0.25, -0.2) is 8.42 Å². The van der Waals surface area contributed by atoms with Crippen LogP contribution in [0.5, 0.6) is 0 Å². The van der Waals surface area contributed by atoms with Crippen molar-refractivity contribution >= 4 is 26.0 Å². The molecule has 0 atom stereocenters. The second-order valence-electron chi connectivity index (χ2n) is 4.09. The highest BCUT2D eigenvalue weighted by atomic mass is 79.9. The number of nitrogens with zero attached hydrogens (tertiary/aromatic N) is 1. The molecule has 0 aliphatic rings. The van der Waals surface area contributed by atoms with E-state index in [1.165, 1.54) is 19.1 Å². The molecule has 0 amide bonds. The maximum atomic E-state index is 12.5. The van der Waals surface area contributed by atoms with Crippen LogP contribution in [-0.2, 0) is 10.0 Å². The molecule has 0 aliphatic carbocycles. The topological polar surface area (TPSA) is 57.6 Å².